The molecule has 3 aliphatic heterocycles. The van der Waals surface area contributed by atoms with E-state index in [1.807, 2.05) is 15.0 Å². The van der Waals surface area contributed by atoms with E-state index in [1.165, 1.54) is 37.3 Å². The van der Waals surface area contributed by atoms with Crippen molar-refractivity contribution in [1.29, 1.82) is 0 Å². The summed E-state index contributed by atoms with van der Waals surface area (Å²) >= 11 is 1.33. The Hall–Kier alpha value is -3.42. The van der Waals surface area contributed by atoms with Crippen LogP contribution in [0.4, 0.5) is 11.1 Å². The number of piperidine rings is 2. The lowest BCUT2D eigenvalue weighted by molar-refractivity contribution is -0.132. The zero-order valence-corrected chi connectivity index (χ0v) is 27.9. The number of hydrogen-bond acceptors (Lipinski definition) is 10. The fourth-order valence-corrected chi connectivity index (χ4v) is 8.35. The molecule has 0 saturated carbocycles. The Morgan fingerprint density at radius 2 is 1.87 bits per heavy atom. The van der Waals surface area contributed by atoms with Crippen LogP contribution in [0.15, 0.2) is 11.6 Å². The second-order valence-corrected chi connectivity index (χ2v) is 15.0. The Bertz CT molecular complexity index is 1600. The molecule has 3 N–H and O–H groups in total. The van der Waals surface area contributed by atoms with Gasteiger partial charge in [-0.1, -0.05) is 20.8 Å². The summed E-state index contributed by atoms with van der Waals surface area (Å²) < 4.78 is 7.96. The maximum Gasteiger partial charge on any atom is 0.278 e. The summed E-state index contributed by atoms with van der Waals surface area (Å²) in [6.07, 6.45) is 9.76. The number of aromatic nitrogens is 5. The summed E-state index contributed by atoms with van der Waals surface area (Å²) in [5.41, 5.74) is 9.87. The number of rotatable bonds is 6. The van der Waals surface area contributed by atoms with Gasteiger partial charge in [0, 0.05) is 42.9 Å². The van der Waals surface area contributed by atoms with Crippen molar-refractivity contribution in [2.24, 2.45) is 5.92 Å². The normalized spacial score (nSPS) is 22.3. The molecule has 3 fully saturated rings. The highest BCUT2D eigenvalue weighted by Gasteiger charge is 2.42. The summed E-state index contributed by atoms with van der Waals surface area (Å²) in [5.74, 6) is 0.754. The molecule has 3 saturated heterocycles. The average molecular weight is 648 g/mol. The van der Waals surface area contributed by atoms with Crippen LogP contribution in [0.1, 0.15) is 99.3 Å². The number of nitrogen functional groups attached to an aromatic ring is 1. The molecule has 3 aromatic rings. The SMILES string of the molecule is CC1CCN(C2CCN(C(=O)Cc3csc(NC(=O)c4nn(C5CCCCO5)c5c4C(C)(C)Cc4cnc(N)nc4-5)n3)CC2)CC1. The van der Waals surface area contributed by atoms with Gasteiger partial charge in [0.25, 0.3) is 5.91 Å². The van der Waals surface area contributed by atoms with E-state index in [9.17, 15) is 9.59 Å². The van der Waals surface area contributed by atoms with E-state index in [4.69, 9.17) is 15.6 Å². The summed E-state index contributed by atoms with van der Waals surface area (Å²) in [6.45, 7) is 11.1. The molecule has 46 heavy (non-hydrogen) atoms. The Kier molecular flexibility index (Phi) is 8.58. The number of carbonyl (C=O) groups excluding carboxylic acids is 2. The molecule has 6 heterocycles. The number of nitrogens with two attached hydrogens (primary N) is 1. The predicted octanol–water partition coefficient (Wildman–Crippen LogP) is 4.43. The predicted molar refractivity (Wildman–Crippen MR) is 177 cm³/mol. The number of nitrogens with zero attached hydrogens (tertiary/aromatic N) is 7. The molecule has 246 valence electrons. The van der Waals surface area contributed by atoms with Crippen LogP contribution < -0.4 is 11.1 Å². The zero-order chi connectivity index (χ0) is 32.0. The number of anilines is 2. The third kappa shape index (κ3) is 6.16. The fraction of sp³-hybridized carbons (Fsp3) is 0.636. The smallest absolute Gasteiger partial charge is 0.278 e. The molecule has 4 aliphatic rings. The van der Waals surface area contributed by atoms with Crippen molar-refractivity contribution in [3.63, 3.8) is 0 Å². The van der Waals surface area contributed by atoms with E-state index in [0.717, 1.165) is 67.9 Å². The van der Waals surface area contributed by atoms with Gasteiger partial charge in [0.05, 0.1) is 23.5 Å². The van der Waals surface area contributed by atoms with Gasteiger partial charge in [-0.3, -0.25) is 14.9 Å². The number of amides is 2. The van der Waals surface area contributed by atoms with E-state index in [-0.39, 0.29) is 30.4 Å². The van der Waals surface area contributed by atoms with Crippen LogP contribution in [0.2, 0.25) is 0 Å². The number of ether oxygens (including phenoxy) is 1. The minimum Gasteiger partial charge on any atom is -0.368 e. The van der Waals surface area contributed by atoms with Gasteiger partial charge in [0.15, 0.2) is 17.1 Å². The van der Waals surface area contributed by atoms with Crippen LogP contribution in [0.5, 0.6) is 0 Å². The van der Waals surface area contributed by atoms with E-state index >= 15 is 0 Å². The maximum atomic E-state index is 13.9. The summed E-state index contributed by atoms with van der Waals surface area (Å²) in [5, 5.41) is 10.2. The highest BCUT2D eigenvalue weighted by molar-refractivity contribution is 7.14. The lowest BCUT2D eigenvalue weighted by atomic mass is 9.73. The van der Waals surface area contributed by atoms with E-state index < -0.39 is 5.41 Å². The first kappa shape index (κ1) is 31.2. The lowest BCUT2D eigenvalue weighted by Crippen LogP contribution is -2.49. The standard InChI is InChI=1S/C33H45N9O3S/c1-20-7-11-40(12-8-20)23-9-13-41(14-10-23)24(43)16-22-19-46-32(36-22)38-30(44)28-26-29(42(39-28)25-6-4-5-15-45-25)27-21(17-33(26,2)3)18-35-31(34)37-27/h18-20,23,25H,4-17H2,1-3H3,(H2,34,35,37)(H,36,38,44). The molecule has 0 radical (unpaired) electrons. The lowest BCUT2D eigenvalue weighted by Gasteiger charge is -2.41. The molecule has 1 unspecified atom stereocenters. The van der Waals surface area contributed by atoms with Gasteiger partial charge >= 0.3 is 0 Å². The van der Waals surface area contributed by atoms with Gasteiger partial charge in [-0.05, 0) is 81.4 Å². The Balaban J connectivity index is 1.06. The molecular formula is C33H45N9O3S. The quantitative estimate of drug-likeness (QED) is 0.397. The van der Waals surface area contributed by atoms with Crippen LogP contribution in [0.25, 0.3) is 11.4 Å². The van der Waals surface area contributed by atoms with Gasteiger partial charge in [0.1, 0.15) is 0 Å². The first-order chi connectivity index (χ1) is 22.2. The summed E-state index contributed by atoms with van der Waals surface area (Å²) in [7, 11) is 0. The van der Waals surface area contributed by atoms with Crippen LogP contribution in [0, 0.1) is 5.92 Å². The number of carbonyl (C=O) groups is 2. The number of hydrogen-bond donors (Lipinski definition) is 2. The molecule has 0 bridgehead atoms. The Morgan fingerprint density at radius 1 is 1.09 bits per heavy atom. The van der Waals surface area contributed by atoms with Gasteiger partial charge < -0.3 is 20.3 Å². The third-order valence-corrected chi connectivity index (χ3v) is 11.0. The maximum absolute atomic E-state index is 13.9. The molecule has 2 amide bonds. The molecule has 12 nitrogen and oxygen atoms in total. The van der Waals surface area contributed by atoms with Gasteiger partial charge in [-0.25, -0.2) is 19.6 Å². The Labute approximate surface area is 274 Å². The average Bonchev–Trinajstić information content (AvgIpc) is 3.68. The monoisotopic (exact) mass is 647 g/mol. The number of fused-ring (bicyclic) bond motifs is 3. The van der Waals surface area contributed by atoms with Crippen molar-refractivity contribution in [3.8, 4) is 11.4 Å². The van der Waals surface area contributed by atoms with Crippen molar-refractivity contribution in [2.45, 2.75) is 96.2 Å². The zero-order valence-electron chi connectivity index (χ0n) is 27.1. The highest BCUT2D eigenvalue weighted by Crippen LogP contribution is 2.46. The molecule has 13 heteroatoms. The Morgan fingerprint density at radius 3 is 2.61 bits per heavy atom. The van der Waals surface area contributed by atoms with E-state index in [2.05, 4.69) is 45.9 Å². The van der Waals surface area contributed by atoms with Crippen LogP contribution in [-0.2, 0) is 27.8 Å². The van der Waals surface area contributed by atoms with Crippen molar-refractivity contribution in [1.82, 2.24) is 34.5 Å². The van der Waals surface area contributed by atoms with Crippen LogP contribution in [0.3, 0.4) is 0 Å². The second kappa shape index (κ2) is 12.6. The molecule has 0 spiro atoms. The minimum absolute atomic E-state index is 0.0934. The first-order valence-corrected chi connectivity index (χ1v) is 17.7. The van der Waals surface area contributed by atoms with Crippen molar-refractivity contribution >= 4 is 34.2 Å². The first-order valence-electron chi connectivity index (χ1n) is 16.8. The number of likely N-dealkylation sites (tertiary alicyclic amines) is 2. The van der Waals surface area contributed by atoms with Crippen LogP contribution >= 0.6 is 11.3 Å². The number of thiazole rings is 1. The van der Waals surface area contributed by atoms with Gasteiger partial charge in [0.2, 0.25) is 11.9 Å². The molecule has 1 aliphatic carbocycles. The summed E-state index contributed by atoms with van der Waals surface area (Å²) in [4.78, 5) is 45.2. The molecular weight excluding hydrogens is 602 g/mol. The molecule has 1 atom stereocenters. The van der Waals surface area contributed by atoms with Gasteiger partial charge in [-0.2, -0.15) is 5.10 Å². The fourth-order valence-electron chi connectivity index (χ4n) is 7.65. The highest BCUT2D eigenvalue weighted by atomic mass is 32.1. The van der Waals surface area contributed by atoms with E-state index in [0.29, 0.717) is 41.3 Å². The molecule has 0 aromatic carbocycles. The van der Waals surface area contributed by atoms with Gasteiger partial charge in [-0.15, -0.1) is 11.3 Å². The number of nitrogens with one attached hydrogen (secondary N) is 1. The third-order valence-electron chi connectivity index (χ3n) is 10.2. The van der Waals surface area contributed by atoms with Crippen LogP contribution in [-0.4, -0.2) is 85.2 Å². The molecule has 3 aromatic heterocycles. The topological polar surface area (TPSA) is 144 Å². The van der Waals surface area contributed by atoms with Crippen molar-refractivity contribution in [3.05, 3.63) is 34.1 Å². The van der Waals surface area contributed by atoms with E-state index in [1.54, 1.807) is 6.20 Å². The second-order valence-electron chi connectivity index (χ2n) is 14.1. The molecule has 7 rings (SSSR count). The largest absolute Gasteiger partial charge is 0.368 e. The minimum atomic E-state index is -0.415. The van der Waals surface area contributed by atoms with Crippen molar-refractivity contribution < 1.29 is 14.3 Å². The van der Waals surface area contributed by atoms with Crippen molar-refractivity contribution in [2.75, 3.05) is 43.8 Å². The summed E-state index contributed by atoms with van der Waals surface area (Å²) in [6, 6.07) is 0.583.